The van der Waals surface area contributed by atoms with Gasteiger partial charge in [0.15, 0.2) is 0 Å². The Hall–Kier alpha value is -0.240. The van der Waals surface area contributed by atoms with Gasteiger partial charge in [-0.3, -0.25) is 0 Å². The molecule has 1 rings (SSSR count). The summed E-state index contributed by atoms with van der Waals surface area (Å²) in [5, 5.41) is 39.5. The van der Waals surface area contributed by atoms with E-state index in [4.69, 9.17) is 9.84 Å². The summed E-state index contributed by atoms with van der Waals surface area (Å²) in [4.78, 5) is 0. The second-order valence-electron chi connectivity index (χ2n) is 3.90. The van der Waals surface area contributed by atoms with Crippen LogP contribution >= 0.6 is 0 Å². The van der Waals surface area contributed by atoms with Crippen molar-refractivity contribution in [1.82, 2.24) is 0 Å². The van der Waals surface area contributed by atoms with Crippen LogP contribution in [0.15, 0.2) is 0 Å². The van der Waals surface area contributed by atoms with Crippen LogP contribution in [-0.2, 0) is 4.74 Å². The van der Waals surface area contributed by atoms with Gasteiger partial charge in [-0.15, -0.1) is 0 Å². The van der Waals surface area contributed by atoms with Crippen LogP contribution in [0.25, 0.3) is 0 Å². The molecule has 0 aromatic heterocycles. The SMILES string of the molecule is CCC[NH2+]C[C@@]1(O)O[C@H](CO)[C@@H](O)[C@@H]1O. The first-order chi connectivity index (χ1) is 7.05. The zero-order valence-corrected chi connectivity index (χ0v) is 8.83. The molecule has 0 aromatic carbocycles. The highest BCUT2D eigenvalue weighted by Gasteiger charge is 2.54. The first-order valence-corrected chi connectivity index (χ1v) is 5.24. The van der Waals surface area contributed by atoms with Crippen molar-refractivity contribution in [3.05, 3.63) is 0 Å². The largest absolute Gasteiger partial charge is 0.394 e. The summed E-state index contributed by atoms with van der Waals surface area (Å²) >= 11 is 0. The normalized spacial score (nSPS) is 41.0. The molecule has 6 N–H and O–H groups in total. The van der Waals surface area contributed by atoms with Crippen molar-refractivity contribution in [1.29, 1.82) is 0 Å². The zero-order chi connectivity index (χ0) is 11.5. The van der Waals surface area contributed by atoms with Crippen molar-refractivity contribution in [2.24, 2.45) is 0 Å². The number of quaternary nitrogens is 1. The van der Waals surface area contributed by atoms with Gasteiger partial charge in [0, 0.05) is 0 Å². The fourth-order valence-electron chi connectivity index (χ4n) is 1.70. The van der Waals surface area contributed by atoms with Crippen molar-refractivity contribution >= 4 is 0 Å². The third-order valence-electron chi connectivity index (χ3n) is 2.63. The maximum absolute atomic E-state index is 9.88. The smallest absolute Gasteiger partial charge is 0.246 e. The Morgan fingerprint density at radius 3 is 2.53 bits per heavy atom. The standard InChI is InChI=1S/C9H19NO5/c1-2-3-10-5-9(14)8(13)7(12)6(4-11)15-9/h6-8,10-14H,2-5H2,1H3/p+1/t6-,7-,8+,9-/m1/s1. The number of nitrogens with two attached hydrogens (primary N) is 1. The lowest BCUT2D eigenvalue weighted by Crippen LogP contribution is -2.89. The Morgan fingerprint density at radius 1 is 1.40 bits per heavy atom. The summed E-state index contributed by atoms with van der Waals surface area (Å²) in [5.41, 5.74) is 0. The lowest BCUT2D eigenvalue weighted by Gasteiger charge is -2.23. The van der Waals surface area contributed by atoms with E-state index in [1.54, 1.807) is 5.32 Å². The highest BCUT2D eigenvalue weighted by atomic mass is 16.7. The van der Waals surface area contributed by atoms with Crippen LogP contribution in [-0.4, -0.2) is 64.2 Å². The fourth-order valence-corrected chi connectivity index (χ4v) is 1.70. The lowest BCUT2D eigenvalue weighted by molar-refractivity contribution is -0.677. The average molecular weight is 222 g/mol. The van der Waals surface area contributed by atoms with E-state index in [0.717, 1.165) is 13.0 Å². The minimum atomic E-state index is -1.76. The van der Waals surface area contributed by atoms with Gasteiger partial charge in [-0.05, 0) is 6.42 Å². The van der Waals surface area contributed by atoms with E-state index in [-0.39, 0.29) is 6.54 Å². The molecule has 1 saturated heterocycles. The minimum absolute atomic E-state index is 0.148. The van der Waals surface area contributed by atoms with Crippen molar-refractivity contribution in [3.63, 3.8) is 0 Å². The van der Waals surface area contributed by atoms with Crippen LogP contribution in [0.1, 0.15) is 13.3 Å². The molecule has 1 aliphatic rings. The zero-order valence-electron chi connectivity index (χ0n) is 8.83. The van der Waals surface area contributed by atoms with Crippen LogP contribution in [0, 0.1) is 0 Å². The molecule has 1 heterocycles. The predicted molar refractivity (Wildman–Crippen MR) is 50.9 cm³/mol. The van der Waals surface area contributed by atoms with E-state index in [0.29, 0.717) is 0 Å². The van der Waals surface area contributed by atoms with Crippen LogP contribution in [0.4, 0.5) is 0 Å². The molecule has 6 nitrogen and oxygen atoms in total. The van der Waals surface area contributed by atoms with E-state index in [9.17, 15) is 15.3 Å². The molecule has 1 fully saturated rings. The molecule has 4 atom stereocenters. The van der Waals surface area contributed by atoms with E-state index in [2.05, 4.69) is 0 Å². The van der Waals surface area contributed by atoms with E-state index in [1.165, 1.54) is 0 Å². The molecule has 0 bridgehead atoms. The number of aliphatic hydroxyl groups excluding tert-OH is 3. The summed E-state index contributed by atoms with van der Waals surface area (Å²) in [5.74, 6) is -1.76. The van der Waals surface area contributed by atoms with Gasteiger partial charge in [0.25, 0.3) is 0 Å². The van der Waals surface area contributed by atoms with E-state index >= 15 is 0 Å². The first kappa shape index (κ1) is 12.8. The van der Waals surface area contributed by atoms with Gasteiger partial charge in [0.1, 0.15) is 24.9 Å². The van der Waals surface area contributed by atoms with Gasteiger partial charge >= 0.3 is 0 Å². The van der Waals surface area contributed by atoms with Crippen molar-refractivity contribution < 1.29 is 30.5 Å². The van der Waals surface area contributed by atoms with Crippen molar-refractivity contribution in [3.8, 4) is 0 Å². The first-order valence-electron chi connectivity index (χ1n) is 5.24. The summed E-state index contributed by atoms with van der Waals surface area (Å²) in [7, 11) is 0. The molecule has 0 aromatic rings. The molecule has 0 amide bonds. The Balaban J connectivity index is 2.53. The van der Waals surface area contributed by atoms with E-state index in [1.807, 2.05) is 6.92 Å². The average Bonchev–Trinajstić information content (AvgIpc) is 2.44. The summed E-state index contributed by atoms with van der Waals surface area (Å²) in [6, 6.07) is 0. The van der Waals surface area contributed by atoms with Gasteiger partial charge in [0.2, 0.25) is 5.79 Å². The second-order valence-corrected chi connectivity index (χ2v) is 3.90. The summed E-state index contributed by atoms with van der Waals surface area (Å²) < 4.78 is 5.04. The molecule has 0 aliphatic carbocycles. The van der Waals surface area contributed by atoms with Gasteiger partial charge in [-0.1, -0.05) is 6.92 Å². The van der Waals surface area contributed by atoms with Gasteiger partial charge in [-0.2, -0.15) is 0 Å². The molecular weight excluding hydrogens is 202 g/mol. The number of aliphatic hydroxyl groups is 4. The van der Waals surface area contributed by atoms with Gasteiger partial charge in [0.05, 0.1) is 13.2 Å². The highest BCUT2D eigenvalue weighted by Crippen LogP contribution is 2.27. The monoisotopic (exact) mass is 222 g/mol. The Morgan fingerprint density at radius 2 is 2.07 bits per heavy atom. The van der Waals surface area contributed by atoms with Crippen molar-refractivity contribution in [2.75, 3.05) is 19.7 Å². The van der Waals surface area contributed by atoms with Crippen LogP contribution in [0.2, 0.25) is 0 Å². The molecule has 1 aliphatic heterocycles. The lowest BCUT2D eigenvalue weighted by atomic mass is 10.1. The third kappa shape index (κ3) is 2.66. The third-order valence-corrected chi connectivity index (χ3v) is 2.63. The maximum atomic E-state index is 9.88. The number of rotatable bonds is 5. The quantitative estimate of drug-likeness (QED) is 0.314. The topological polar surface area (TPSA) is 107 Å². The Bertz CT molecular complexity index is 203. The Labute approximate surface area is 88.5 Å². The highest BCUT2D eigenvalue weighted by molar-refractivity contribution is 4.94. The maximum Gasteiger partial charge on any atom is 0.246 e. The number of hydrogen-bond acceptors (Lipinski definition) is 5. The molecular formula is C9H20NO5+. The molecule has 15 heavy (non-hydrogen) atoms. The predicted octanol–water partition coefficient (Wildman–Crippen LogP) is -3.24. The minimum Gasteiger partial charge on any atom is -0.394 e. The summed E-state index contributed by atoms with van der Waals surface area (Å²) in [6.45, 7) is 2.53. The van der Waals surface area contributed by atoms with Crippen LogP contribution in [0.5, 0.6) is 0 Å². The van der Waals surface area contributed by atoms with Gasteiger partial charge < -0.3 is 30.5 Å². The number of hydrogen-bond donors (Lipinski definition) is 5. The molecule has 0 radical (unpaired) electrons. The Kier molecular flexibility index (Phi) is 4.45. The second kappa shape index (κ2) is 5.20. The van der Waals surface area contributed by atoms with Gasteiger partial charge in [-0.25, -0.2) is 0 Å². The molecule has 0 unspecified atom stereocenters. The molecule has 6 heteroatoms. The number of ether oxygens (including phenoxy) is 1. The molecule has 0 spiro atoms. The summed E-state index contributed by atoms with van der Waals surface area (Å²) in [6.07, 6.45) is -2.59. The van der Waals surface area contributed by atoms with Crippen LogP contribution < -0.4 is 5.32 Å². The van der Waals surface area contributed by atoms with Crippen LogP contribution in [0.3, 0.4) is 0 Å². The fraction of sp³-hybridized carbons (Fsp3) is 1.00. The molecule has 0 saturated carbocycles. The molecule has 90 valence electrons. The van der Waals surface area contributed by atoms with Crippen molar-refractivity contribution in [2.45, 2.75) is 37.4 Å². The van der Waals surface area contributed by atoms with E-state index < -0.39 is 30.7 Å².